The first-order chi connectivity index (χ1) is 8.52. The Kier molecular flexibility index (Phi) is 3.87. The van der Waals surface area contributed by atoms with E-state index in [9.17, 15) is 10.2 Å². The summed E-state index contributed by atoms with van der Waals surface area (Å²) < 4.78 is 5.35. The van der Waals surface area contributed by atoms with Crippen LogP contribution in [0.25, 0.3) is 0 Å². The Morgan fingerprint density at radius 1 is 1.17 bits per heavy atom. The summed E-state index contributed by atoms with van der Waals surface area (Å²) >= 11 is 0. The van der Waals surface area contributed by atoms with E-state index in [-0.39, 0.29) is 6.61 Å². The first-order valence-corrected chi connectivity index (χ1v) is 5.99. The lowest BCUT2D eigenvalue weighted by molar-refractivity contribution is -0.0153. The average molecular weight is 253 g/mol. The van der Waals surface area contributed by atoms with Gasteiger partial charge in [-0.3, -0.25) is 0 Å². The second-order valence-electron chi connectivity index (χ2n) is 4.70. The number of hydrogen-bond acceptors (Lipinski definition) is 5. The van der Waals surface area contributed by atoms with Crippen molar-refractivity contribution in [3.05, 3.63) is 29.3 Å². The molecule has 0 radical (unpaired) electrons. The molecule has 2 rings (SSSR count). The molecule has 1 aliphatic heterocycles. The van der Waals surface area contributed by atoms with Crippen LogP contribution in [0.5, 0.6) is 0 Å². The Labute approximate surface area is 106 Å². The van der Waals surface area contributed by atoms with Crippen LogP contribution in [-0.2, 0) is 4.74 Å². The molecule has 1 aromatic rings. The third-order valence-electron chi connectivity index (χ3n) is 3.36. The number of aliphatic hydroxyl groups is 3. The lowest BCUT2D eigenvalue weighted by Crippen LogP contribution is -2.36. The normalized spacial score (nSPS) is 31.6. The van der Waals surface area contributed by atoms with Crippen LogP contribution in [0, 0.1) is 13.8 Å². The van der Waals surface area contributed by atoms with E-state index in [1.54, 1.807) is 0 Å². The number of hydrogen-bond donors (Lipinski definition) is 4. The summed E-state index contributed by atoms with van der Waals surface area (Å²) in [4.78, 5) is 0. The number of benzene rings is 1. The van der Waals surface area contributed by atoms with Crippen LogP contribution in [0.1, 0.15) is 11.1 Å². The largest absolute Gasteiger partial charge is 0.394 e. The van der Waals surface area contributed by atoms with Crippen molar-refractivity contribution in [2.24, 2.45) is 0 Å². The smallest absolute Gasteiger partial charge is 0.157 e. The lowest BCUT2D eigenvalue weighted by Gasteiger charge is -2.18. The summed E-state index contributed by atoms with van der Waals surface area (Å²) in [7, 11) is 0. The molecule has 0 spiro atoms. The Morgan fingerprint density at radius 3 is 2.44 bits per heavy atom. The summed E-state index contributed by atoms with van der Waals surface area (Å²) in [6, 6.07) is 5.81. The highest BCUT2D eigenvalue weighted by atomic mass is 16.6. The topological polar surface area (TPSA) is 82.0 Å². The van der Waals surface area contributed by atoms with Gasteiger partial charge in [-0.1, -0.05) is 6.07 Å². The minimum atomic E-state index is -1.07. The van der Waals surface area contributed by atoms with Gasteiger partial charge in [0, 0.05) is 5.69 Å². The Bertz CT molecular complexity index is 423. The Balaban J connectivity index is 2.07. The second kappa shape index (κ2) is 5.24. The molecule has 1 fully saturated rings. The number of anilines is 1. The van der Waals surface area contributed by atoms with Crippen molar-refractivity contribution in [1.82, 2.24) is 0 Å². The third-order valence-corrected chi connectivity index (χ3v) is 3.36. The molecule has 18 heavy (non-hydrogen) atoms. The molecule has 4 N–H and O–H groups in total. The fourth-order valence-electron chi connectivity index (χ4n) is 2.01. The van der Waals surface area contributed by atoms with Crippen molar-refractivity contribution in [1.29, 1.82) is 0 Å². The summed E-state index contributed by atoms with van der Waals surface area (Å²) in [5, 5.41) is 31.4. The fourth-order valence-corrected chi connectivity index (χ4v) is 2.01. The van der Waals surface area contributed by atoms with Gasteiger partial charge in [-0.15, -0.1) is 0 Å². The molecule has 1 saturated heterocycles. The molecule has 0 aliphatic carbocycles. The van der Waals surface area contributed by atoms with E-state index in [1.165, 1.54) is 5.56 Å². The molecule has 5 heteroatoms. The van der Waals surface area contributed by atoms with Crippen LogP contribution in [0.4, 0.5) is 5.69 Å². The molecule has 100 valence electrons. The zero-order valence-corrected chi connectivity index (χ0v) is 10.5. The van der Waals surface area contributed by atoms with Gasteiger partial charge in [-0.05, 0) is 37.1 Å². The molecule has 0 bridgehead atoms. The van der Waals surface area contributed by atoms with Crippen LogP contribution >= 0.6 is 0 Å². The van der Waals surface area contributed by atoms with Gasteiger partial charge in [0.05, 0.1) is 6.61 Å². The van der Waals surface area contributed by atoms with Gasteiger partial charge in [-0.2, -0.15) is 0 Å². The maximum Gasteiger partial charge on any atom is 0.157 e. The van der Waals surface area contributed by atoms with E-state index in [2.05, 4.69) is 5.32 Å². The Morgan fingerprint density at radius 2 is 1.89 bits per heavy atom. The molecule has 5 nitrogen and oxygen atoms in total. The quantitative estimate of drug-likeness (QED) is 0.616. The summed E-state index contributed by atoms with van der Waals surface area (Å²) in [5.74, 6) is 0. The summed E-state index contributed by atoms with van der Waals surface area (Å²) in [6.07, 6.45) is -3.58. The highest BCUT2D eigenvalue weighted by molar-refractivity contribution is 5.48. The van der Waals surface area contributed by atoms with Gasteiger partial charge in [0.15, 0.2) is 6.23 Å². The van der Waals surface area contributed by atoms with Crippen molar-refractivity contribution in [3.63, 3.8) is 0 Å². The molecule has 0 unspecified atom stereocenters. The number of aryl methyl sites for hydroxylation is 2. The van der Waals surface area contributed by atoms with Crippen molar-refractivity contribution >= 4 is 5.69 Å². The van der Waals surface area contributed by atoms with Crippen molar-refractivity contribution in [2.45, 2.75) is 38.4 Å². The zero-order valence-electron chi connectivity index (χ0n) is 10.5. The van der Waals surface area contributed by atoms with E-state index in [0.29, 0.717) is 0 Å². The molecule has 1 aliphatic rings. The maximum atomic E-state index is 9.80. The molecule has 0 amide bonds. The van der Waals surface area contributed by atoms with Crippen LogP contribution in [0.15, 0.2) is 18.2 Å². The van der Waals surface area contributed by atoms with E-state index in [1.807, 2.05) is 32.0 Å². The fraction of sp³-hybridized carbons (Fsp3) is 0.538. The number of rotatable bonds is 3. The van der Waals surface area contributed by atoms with Gasteiger partial charge >= 0.3 is 0 Å². The van der Waals surface area contributed by atoms with E-state index >= 15 is 0 Å². The lowest BCUT2D eigenvalue weighted by atomic mass is 10.1. The molecule has 1 aromatic carbocycles. The average Bonchev–Trinajstić information content (AvgIpc) is 2.62. The first-order valence-electron chi connectivity index (χ1n) is 5.99. The van der Waals surface area contributed by atoms with Crippen molar-refractivity contribution in [2.75, 3.05) is 11.9 Å². The van der Waals surface area contributed by atoms with Crippen LogP contribution in [0.3, 0.4) is 0 Å². The van der Waals surface area contributed by atoms with Gasteiger partial charge in [-0.25, -0.2) is 0 Å². The van der Waals surface area contributed by atoms with Crippen LogP contribution in [-0.4, -0.2) is 46.5 Å². The van der Waals surface area contributed by atoms with Crippen molar-refractivity contribution < 1.29 is 20.1 Å². The predicted molar refractivity (Wildman–Crippen MR) is 67.3 cm³/mol. The number of aliphatic hydroxyl groups excluding tert-OH is 3. The van der Waals surface area contributed by atoms with Crippen molar-refractivity contribution in [3.8, 4) is 0 Å². The molecular weight excluding hydrogens is 234 g/mol. The highest BCUT2D eigenvalue weighted by Gasteiger charge is 2.42. The molecule has 4 atom stereocenters. The second-order valence-corrected chi connectivity index (χ2v) is 4.70. The minimum Gasteiger partial charge on any atom is -0.394 e. The summed E-state index contributed by atoms with van der Waals surface area (Å²) in [6.45, 7) is 3.70. The highest BCUT2D eigenvalue weighted by Crippen LogP contribution is 2.23. The molecule has 0 saturated carbocycles. The van der Waals surface area contributed by atoms with Gasteiger partial charge < -0.3 is 25.4 Å². The van der Waals surface area contributed by atoms with Crippen LogP contribution < -0.4 is 5.32 Å². The van der Waals surface area contributed by atoms with E-state index in [0.717, 1.165) is 11.3 Å². The van der Waals surface area contributed by atoms with Crippen LogP contribution in [0.2, 0.25) is 0 Å². The number of ether oxygens (including phenoxy) is 1. The predicted octanol–water partition coefficient (Wildman–Crippen LogP) is 0.154. The van der Waals surface area contributed by atoms with E-state index < -0.39 is 24.5 Å². The monoisotopic (exact) mass is 253 g/mol. The molecular formula is C13H19NO4. The van der Waals surface area contributed by atoms with E-state index in [4.69, 9.17) is 9.84 Å². The van der Waals surface area contributed by atoms with Gasteiger partial charge in [0.1, 0.15) is 18.3 Å². The Hall–Kier alpha value is -1.14. The first kappa shape index (κ1) is 13.3. The molecule has 0 aromatic heterocycles. The SMILES string of the molecule is Cc1ccc(N[C@@H]2O[C@@H](CO)[C@@H](O)[C@@H]2O)cc1C. The number of nitrogens with one attached hydrogen (secondary N) is 1. The zero-order chi connectivity index (χ0) is 13.3. The summed E-state index contributed by atoms with van der Waals surface area (Å²) in [5.41, 5.74) is 3.13. The van der Waals surface area contributed by atoms with Gasteiger partial charge in [0.25, 0.3) is 0 Å². The molecule has 1 heterocycles. The minimum absolute atomic E-state index is 0.316. The third kappa shape index (κ3) is 2.49. The van der Waals surface area contributed by atoms with Gasteiger partial charge in [0.2, 0.25) is 0 Å². The standard InChI is InChI=1S/C13H19NO4/c1-7-3-4-9(5-8(7)2)14-13-12(17)11(16)10(6-15)18-13/h3-5,10-17H,6H2,1-2H3/t10-,11+,12-,13+/m0/s1. The maximum absolute atomic E-state index is 9.80.